The van der Waals surface area contributed by atoms with Gasteiger partial charge in [0, 0.05) is 17.9 Å². The van der Waals surface area contributed by atoms with Crippen LogP contribution in [0.3, 0.4) is 0 Å². The lowest BCUT2D eigenvalue weighted by molar-refractivity contribution is -0.119. The molecule has 0 aromatic carbocycles. The lowest BCUT2D eigenvalue weighted by Gasteiger charge is -2.15. The number of rotatable bonds is 9. The fourth-order valence-corrected chi connectivity index (χ4v) is 4.13. The molecule has 1 amide bonds. The number of fused-ring (bicyclic) bond motifs is 1. The summed E-state index contributed by atoms with van der Waals surface area (Å²) in [5.74, 6) is 0.742. The van der Waals surface area contributed by atoms with E-state index in [0.29, 0.717) is 42.8 Å². The van der Waals surface area contributed by atoms with Gasteiger partial charge in [-0.05, 0) is 44.4 Å². The van der Waals surface area contributed by atoms with E-state index in [9.17, 15) is 9.59 Å². The molecule has 34 heavy (non-hydrogen) atoms. The van der Waals surface area contributed by atoms with Crippen LogP contribution in [-0.2, 0) is 27.4 Å². The van der Waals surface area contributed by atoms with Crippen LogP contribution in [0.25, 0.3) is 11.0 Å². The molecule has 1 aliphatic rings. The number of carbonyl (C=O) groups excluding carboxylic acids is 2. The highest BCUT2D eigenvalue weighted by molar-refractivity contribution is 6.11. The van der Waals surface area contributed by atoms with Crippen LogP contribution in [-0.4, -0.2) is 41.2 Å². The van der Waals surface area contributed by atoms with E-state index in [4.69, 9.17) is 13.9 Å². The molecule has 0 saturated carbocycles. The Hall–Kier alpha value is -3.33. The average molecular weight is 469 g/mol. The van der Waals surface area contributed by atoms with E-state index >= 15 is 0 Å². The third kappa shape index (κ3) is 4.94. The van der Waals surface area contributed by atoms with Crippen molar-refractivity contribution in [3.05, 3.63) is 41.6 Å². The Labute approximate surface area is 198 Å². The van der Waals surface area contributed by atoms with Crippen LogP contribution >= 0.6 is 0 Å². The predicted molar refractivity (Wildman–Crippen MR) is 129 cm³/mol. The number of nitrogens with one attached hydrogen (secondary N) is 2. The van der Waals surface area contributed by atoms with Crippen LogP contribution in [0, 0.1) is 12.8 Å². The molecular weight excluding hydrogens is 436 g/mol. The minimum absolute atomic E-state index is 0.0288. The van der Waals surface area contributed by atoms with Crippen LogP contribution < -0.4 is 10.6 Å². The number of ether oxygens (including phenoxy) is 2. The van der Waals surface area contributed by atoms with Gasteiger partial charge in [0.1, 0.15) is 17.2 Å². The van der Waals surface area contributed by atoms with Gasteiger partial charge in [0.15, 0.2) is 5.69 Å². The van der Waals surface area contributed by atoms with Gasteiger partial charge in [0.2, 0.25) is 5.91 Å². The Morgan fingerprint density at radius 3 is 2.82 bits per heavy atom. The molecule has 4 rings (SSSR count). The Kier molecular flexibility index (Phi) is 7.21. The van der Waals surface area contributed by atoms with Gasteiger partial charge < -0.3 is 29.1 Å². The smallest absolute Gasteiger partial charge is 0.356 e. The molecule has 9 heteroatoms. The van der Waals surface area contributed by atoms with Crippen LogP contribution in [0.2, 0.25) is 0 Å². The number of amides is 1. The van der Waals surface area contributed by atoms with Gasteiger partial charge >= 0.3 is 5.97 Å². The second-order valence-corrected chi connectivity index (χ2v) is 8.72. The molecule has 4 heterocycles. The van der Waals surface area contributed by atoms with E-state index in [1.165, 1.54) is 7.11 Å². The van der Waals surface area contributed by atoms with Crippen LogP contribution in [0.5, 0.6) is 0 Å². The van der Waals surface area contributed by atoms with E-state index in [0.717, 1.165) is 30.0 Å². The third-order valence-corrected chi connectivity index (χ3v) is 6.26. The average Bonchev–Trinajstić information content (AvgIpc) is 3.57. The summed E-state index contributed by atoms with van der Waals surface area (Å²) >= 11 is 0. The molecule has 0 spiro atoms. The highest BCUT2D eigenvalue weighted by Gasteiger charge is 2.29. The molecular formula is C25H32N4O5. The molecule has 1 fully saturated rings. The second kappa shape index (κ2) is 10.3. The molecule has 0 radical (unpaired) electrons. The third-order valence-electron chi connectivity index (χ3n) is 6.26. The molecule has 3 aromatic rings. The summed E-state index contributed by atoms with van der Waals surface area (Å²) in [6.45, 7) is 7.33. The van der Waals surface area contributed by atoms with Crippen molar-refractivity contribution in [1.82, 2.24) is 9.55 Å². The minimum Gasteiger partial charge on any atom is -0.465 e. The van der Waals surface area contributed by atoms with Gasteiger partial charge in [-0.25, -0.2) is 9.78 Å². The molecule has 9 nitrogen and oxygen atoms in total. The van der Waals surface area contributed by atoms with Crippen LogP contribution in [0.4, 0.5) is 11.4 Å². The number of hydrogen-bond acceptors (Lipinski definition) is 7. The van der Waals surface area contributed by atoms with Gasteiger partial charge in [-0.15, -0.1) is 0 Å². The number of aromatic nitrogens is 2. The van der Waals surface area contributed by atoms with Crippen LogP contribution in [0.15, 0.2) is 28.8 Å². The fourth-order valence-electron chi connectivity index (χ4n) is 4.13. The molecule has 1 aliphatic heterocycles. The lowest BCUT2D eigenvalue weighted by atomic mass is 10.1. The number of pyridine rings is 1. The first-order chi connectivity index (χ1) is 16.4. The number of furan rings is 1. The number of nitrogens with zero attached hydrogens (tertiary/aromatic N) is 2. The number of methoxy groups -OCH3 is 1. The highest BCUT2D eigenvalue weighted by Crippen LogP contribution is 2.34. The van der Waals surface area contributed by atoms with Crippen molar-refractivity contribution in [3.8, 4) is 0 Å². The van der Waals surface area contributed by atoms with Gasteiger partial charge in [-0.2, -0.15) is 0 Å². The minimum atomic E-state index is -0.531. The molecule has 1 saturated heterocycles. The summed E-state index contributed by atoms with van der Waals surface area (Å²) in [6.07, 6.45) is 4.24. The maximum atomic E-state index is 12.9. The van der Waals surface area contributed by atoms with Crippen molar-refractivity contribution in [2.24, 2.45) is 5.92 Å². The summed E-state index contributed by atoms with van der Waals surface area (Å²) in [4.78, 5) is 30.4. The zero-order valence-electron chi connectivity index (χ0n) is 20.1. The monoisotopic (exact) mass is 468 g/mol. The van der Waals surface area contributed by atoms with E-state index < -0.39 is 5.97 Å². The first-order valence-electron chi connectivity index (χ1n) is 11.7. The first-order valence-corrected chi connectivity index (χ1v) is 11.7. The Morgan fingerprint density at radius 1 is 1.35 bits per heavy atom. The van der Waals surface area contributed by atoms with E-state index in [1.54, 1.807) is 6.20 Å². The molecule has 0 aliphatic carbocycles. The van der Waals surface area contributed by atoms with Crippen molar-refractivity contribution < 1.29 is 23.5 Å². The van der Waals surface area contributed by atoms with Crippen LogP contribution in [0.1, 0.15) is 55.1 Å². The topological polar surface area (TPSA) is 108 Å². The molecule has 2 unspecified atom stereocenters. The number of carbonyl (C=O) groups is 2. The Balaban J connectivity index is 1.77. The summed E-state index contributed by atoms with van der Waals surface area (Å²) < 4.78 is 18.4. The van der Waals surface area contributed by atoms with Crippen molar-refractivity contribution >= 4 is 34.3 Å². The van der Waals surface area contributed by atoms with Crippen molar-refractivity contribution in [3.63, 3.8) is 0 Å². The fraction of sp³-hybridized carbons (Fsp3) is 0.480. The standard InChI is InChI=1S/C25H32N4O5/c1-5-15(2)24(30)28-21-20-11-17(26-13-18-9-8-16(3)34-18)12-27-23(20)29(22(21)25(31)32-4)14-19-7-6-10-33-19/h8-9,11-12,15,19,26H,5-7,10,13-14H2,1-4H3,(H,28,30). The van der Waals surface area contributed by atoms with Gasteiger partial charge in [0.25, 0.3) is 0 Å². The SMILES string of the molecule is CCC(C)C(=O)Nc1c(C(=O)OC)n(CC2CCCO2)c2ncc(NCc3ccc(C)o3)cc12. The molecule has 3 aromatic heterocycles. The van der Waals surface area contributed by atoms with E-state index in [2.05, 4.69) is 15.6 Å². The lowest BCUT2D eigenvalue weighted by Crippen LogP contribution is -2.23. The van der Waals surface area contributed by atoms with Gasteiger partial charge in [0.05, 0.1) is 43.9 Å². The predicted octanol–water partition coefficient (Wildman–Crippen LogP) is 4.50. The van der Waals surface area contributed by atoms with Gasteiger partial charge in [-0.3, -0.25) is 4.79 Å². The molecule has 2 N–H and O–H groups in total. The zero-order valence-corrected chi connectivity index (χ0v) is 20.1. The Bertz CT molecular complexity index is 1180. The summed E-state index contributed by atoms with van der Waals surface area (Å²) in [5, 5.41) is 6.95. The number of hydrogen-bond donors (Lipinski definition) is 2. The van der Waals surface area contributed by atoms with Crippen molar-refractivity contribution in [2.45, 2.75) is 59.2 Å². The van der Waals surface area contributed by atoms with Crippen molar-refractivity contribution in [1.29, 1.82) is 0 Å². The number of anilines is 2. The molecule has 2 atom stereocenters. The number of aryl methyl sites for hydroxylation is 1. The maximum Gasteiger partial charge on any atom is 0.356 e. The summed E-state index contributed by atoms with van der Waals surface area (Å²) in [5.41, 5.74) is 2.02. The van der Waals surface area contributed by atoms with E-state index in [1.807, 2.05) is 43.5 Å². The first kappa shape index (κ1) is 23.8. The maximum absolute atomic E-state index is 12.9. The quantitative estimate of drug-likeness (QED) is 0.445. The summed E-state index contributed by atoms with van der Waals surface area (Å²) in [6, 6.07) is 5.72. The normalized spacial score (nSPS) is 16.5. The molecule has 0 bridgehead atoms. The summed E-state index contributed by atoms with van der Waals surface area (Å²) in [7, 11) is 1.34. The Morgan fingerprint density at radius 2 is 2.18 bits per heavy atom. The largest absolute Gasteiger partial charge is 0.465 e. The van der Waals surface area contributed by atoms with E-state index in [-0.39, 0.29) is 23.6 Å². The zero-order chi connectivity index (χ0) is 24.2. The molecule has 182 valence electrons. The van der Waals surface area contributed by atoms with Crippen molar-refractivity contribution in [2.75, 3.05) is 24.4 Å². The number of esters is 1. The highest BCUT2D eigenvalue weighted by atomic mass is 16.5. The second-order valence-electron chi connectivity index (χ2n) is 8.72. The van der Waals surface area contributed by atoms with Gasteiger partial charge in [-0.1, -0.05) is 13.8 Å².